The number of amides is 2. The van der Waals surface area contributed by atoms with Crippen molar-refractivity contribution < 1.29 is 14.3 Å². The summed E-state index contributed by atoms with van der Waals surface area (Å²) in [7, 11) is 1.54. The molecule has 0 bridgehead atoms. The number of hydrogen-bond donors (Lipinski definition) is 1. The molecule has 3 fully saturated rings. The summed E-state index contributed by atoms with van der Waals surface area (Å²) in [5.41, 5.74) is -0.395. The SMILES string of the molecule is CC1CC2(C)OC3C(=O)N(C)C(=O)C3C2NC1C. The lowest BCUT2D eigenvalue weighted by molar-refractivity contribution is -0.148. The number of hydrogen-bond acceptors (Lipinski definition) is 4. The molecule has 6 unspecified atom stereocenters. The number of rotatable bonds is 0. The summed E-state index contributed by atoms with van der Waals surface area (Å²) in [6.45, 7) is 6.32. The van der Waals surface area contributed by atoms with Crippen LogP contribution in [0.2, 0.25) is 0 Å². The van der Waals surface area contributed by atoms with Crippen LogP contribution in [0, 0.1) is 11.8 Å². The first kappa shape index (κ1) is 12.1. The Morgan fingerprint density at radius 3 is 2.67 bits per heavy atom. The van der Waals surface area contributed by atoms with Crippen LogP contribution in [0.1, 0.15) is 27.2 Å². The van der Waals surface area contributed by atoms with Gasteiger partial charge in [-0.05, 0) is 26.2 Å². The first-order valence-corrected chi connectivity index (χ1v) is 6.60. The minimum absolute atomic E-state index is 0.0462. The maximum Gasteiger partial charge on any atom is 0.258 e. The van der Waals surface area contributed by atoms with Crippen LogP contribution >= 0.6 is 0 Å². The van der Waals surface area contributed by atoms with Crippen molar-refractivity contribution in [1.29, 1.82) is 0 Å². The Hall–Kier alpha value is -0.940. The van der Waals surface area contributed by atoms with Crippen LogP contribution in [0.15, 0.2) is 0 Å². The van der Waals surface area contributed by atoms with Gasteiger partial charge in [0.05, 0.1) is 17.6 Å². The summed E-state index contributed by atoms with van der Waals surface area (Å²) in [5.74, 6) is -0.161. The Balaban J connectivity index is 1.96. The lowest BCUT2D eigenvalue weighted by Gasteiger charge is -2.44. The molecule has 0 aromatic rings. The molecular weight excluding hydrogens is 232 g/mol. The van der Waals surface area contributed by atoms with Crippen molar-refractivity contribution >= 4 is 11.8 Å². The van der Waals surface area contributed by atoms with Gasteiger partial charge in [0.15, 0.2) is 6.10 Å². The summed E-state index contributed by atoms with van der Waals surface area (Å²) in [5, 5.41) is 3.49. The normalized spacial score (nSPS) is 51.6. The predicted molar refractivity (Wildman–Crippen MR) is 64.7 cm³/mol. The lowest BCUT2D eigenvalue weighted by atomic mass is 9.76. The number of fused-ring (bicyclic) bond motifs is 3. The zero-order chi connectivity index (χ0) is 13.2. The number of likely N-dealkylation sites (N-methyl/N-ethyl adjacent to an activating group) is 1. The second-order valence-electron chi connectivity index (χ2n) is 6.23. The highest BCUT2D eigenvalue weighted by molar-refractivity contribution is 6.07. The minimum Gasteiger partial charge on any atom is -0.360 e. The van der Waals surface area contributed by atoms with Gasteiger partial charge in [0.2, 0.25) is 5.91 Å². The van der Waals surface area contributed by atoms with E-state index in [1.165, 1.54) is 4.90 Å². The number of imide groups is 1. The zero-order valence-electron chi connectivity index (χ0n) is 11.3. The third-order valence-electron chi connectivity index (χ3n) is 4.95. The molecule has 3 aliphatic heterocycles. The number of nitrogens with zero attached hydrogens (tertiary/aromatic N) is 1. The van der Waals surface area contributed by atoms with Gasteiger partial charge in [-0.3, -0.25) is 14.5 Å². The van der Waals surface area contributed by atoms with E-state index in [-0.39, 0.29) is 23.8 Å². The Morgan fingerprint density at radius 2 is 2.00 bits per heavy atom. The molecule has 5 heteroatoms. The topological polar surface area (TPSA) is 58.6 Å². The minimum atomic E-state index is -0.581. The third kappa shape index (κ3) is 1.34. The van der Waals surface area contributed by atoms with Gasteiger partial charge in [-0.2, -0.15) is 0 Å². The molecule has 3 aliphatic rings. The Labute approximate surface area is 107 Å². The number of carbonyl (C=O) groups excluding carboxylic acids is 2. The standard InChI is InChI=1S/C13H20N2O3/c1-6-5-13(3)10(14-7(6)2)8-9(18-13)12(17)15(4)11(8)16/h6-10,14H,5H2,1-4H3. The van der Waals surface area contributed by atoms with Crippen molar-refractivity contribution in [3.05, 3.63) is 0 Å². The molecule has 0 aromatic carbocycles. The molecule has 0 aliphatic carbocycles. The van der Waals surface area contributed by atoms with Gasteiger partial charge in [-0.25, -0.2) is 0 Å². The fraction of sp³-hybridized carbons (Fsp3) is 0.846. The summed E-state index contributed by atoms with van der Waals surface area (Å²) in [4.78, 5) is 25.4. The van der Waals surface area contributed by atoms with E-state index in [0.29, 0.717) is 12.0 Å². The van der Waals surface area contributed by atoms with E-state index in [4.69, 9.17) is 4.74 Å². The maximum atomic E-state index is 12.2. The van der Waals surface area contributed by atoms with Crippen molar-refractivity contribution in [2.75, 3.05) is 7.05 Å². The molecule has 1 N–H and O–H groups in total. The van der Waals surface area contributed by atoms with Crippen molar-refractivity contribution in [2.45, 2.75) is 51.0 Å². The second kappa shape index (κ2) is 3.54. The summed E-state index contributed by atoms with van der Waals surface area (Å²) >= 11 is 0. The maximum absolute atomic E-state index is 12.2. The van der Waals surface area contributed by atoms with Crippen LogP contribution in [0.3, 0.4) is 0 Å². The number of nitrogens with one attached hydrogen (secondary N) is 1. The Morgan fingerprint density at radius 1 is 1.33 bits per heavy atom. The molecule has 100 valence electrons. The molecular formula is C13H20N2O3. The smallest absolute Gasteiger partial charge is 0.258 e. The quantitative estimate of drug-likeness (QED) is 0.623. The molecule has 2 amide bonds. The molecule has 0 radical (unpaired) electrons. The highest BCUT2D eigenvalue weighted by atomic mass is 16.5. The number of carbonyl (C=O) groups is 2. The molecule has 3 rings (SSSR count). The fourth-order valence-electron chi connectivity index (χ4n) is 3.71. The van der Waals surface area contributed by atoms with Crippen LogP contribution in [0.4, 0.5) is 0 Å². The average molecular weight is 252 g/mol. The van der Waals surface area contributed by atoms with E-state index in [0.717, 1.165) is 6.42 Å². The van der Waals surface area contributed by atoms with E-state index < -0.39 is 11.7 Å². The van der Waals surface area contributed by atoms with Crippen molar-refractivity contribution in [3.8, 4) is 0 Å². The number of likely N-dealkylation sites (tertiary alicyclic amines) is 1. The summed E-state index contributed by atoms with van der Waals surface area (Å²) < 4.78 is 5.97. The van der Waals surface area contributed by atoms with Crippen molar-refractivity contribution in [2.24, 2.45) is 11.8 Å². The monoisotopic (exact) mass is 252 g/mol. The van der Waals surface area contributed by atoms with Gasteiger partial charge in [-0.15, -0.1) is 0 Å². The second-order valence-corrected chi connectivity index (χ2v) is 6.23. The van der Waals surface area contributed by atoms with E-state index >= 15 is 0 Å². The molecule has 3 saturated heterocycles. The van der Waals surface area contributed by atoms with E-state index in [2.05, 4.69) is 19.2 Å². The third-order valence-corrected chi connectivity index (χ3v) is 4.95. The van der Waals surface area contributed by atoms with E-state index in [1.807, 2.05) is 6.92 Å². The molecule has 6 atom stereocenters. The van der Waals surface area contributed by atoms with Gasteiger partial charge < -0.3 is 10.1 Å². The first-order valence-electron chi connectivity index (χ1n) is 6.60. The predicted octanol–water partition coefficient (Wildman–Crippen LogP) is 0.145. The van der Waals surface area contributed by atoms with E-state index in [9.17, 15) is 9.59 Å². The van der Waals surface area contributed by atoms with Crippen LogP contribution in [0.5, 0.6) is 0 Å². The summed E-state index contributed by atoms with van der Waals surface area (Å²) in [6, 6.07) is 0.300. The largest absolute Gasteiger partial charge is 0.360 e. The molecule has 0 aromatic heterocycles. The van der Waals surface area contributed by atoms with Gasteiger partial charge in [-0.1, -0.05) is 6.92 Å². The van der Waals surface area contributed by atoms with Gasteiger partial charge in [0, 0.05) is 13.1 Å². The first-order chi connectivity index (χ1) is 8.35. The van der Waals surface area contributed by atoms with Crippen molar-refractivity contribution in [3.63, 3.8) is 0 Å². The van der Waals surface area contributed by atoms with Gasteiger partial charge in [0.1, 0.15) is 0 Å². The highest BCUT2D eigenvalue weighted by Gasteiger charge is 2.64. The average Bonchev–Trinajstić information content (AvgIpc) is 2.69. The van der Waals surface area contributed by atoms with Gasteiger partial charge >= 0.3 is 0 Å². The Bertz CT molecular complexity index is 424. The van der Waals surface area contributed by atoms with Crippen LogP contribution in [-0.4, -0.2) is 47.6 Å². The molecule has 0 spiro atoms. The highest BCUT2D eigenvalue weighted by Crippen LogP contribution is 2.46. The molecule has 3 heterocycles. The van der Waals surface area contributed by atoms with Crippen LogP contribution in [-0.2, 0) is 14.3 Å². The lowest BCUT2D eigenvalue weighted by Crippen LogP contribution is -2.60. The van der Waals surface area contributed by atoms with Crippen molar-refractivity contribution in [1.82, 2.24) is 10.2 Å². The summed E-state index contributed by atoms with van der Waals surface area (Å²) in [6.07, 6.45) is 0.311. The molecule has 5 nitrogen and oxygen atoms in total. The Kier molecular flexibility index (Phi) is 2.38. The number of piperidine rings is 1. The molecule has 18 heavy (non-hydrogen) atoms. The van der Waals surface area contributed by atoms with Gasteiger partial charge in [0.25, 0.3) is 5.91 Å². The van der Waals surface area contributed by atoms with Crippen LogP contribution in [0.25, 0.3) is 0 Å². The fourth-order valence-corrected chi connectivity index (χ4v) is 3.71. The zero-order valence-corrected chi connectivity index (χ0v) is 11.3. The van der Waals surface area contributed by atoms with E-state index in [1.54, 1.807) is 7.05 Å². The number of ether oxygens (including phenoxy) is 1. The molecule has 0 saturated carbocycles. The van der Waals surface area contributed by atoms with Crippen LogP contribution < -0.4 is 5.32 Å².